The normalized spacial score (nSPS) is 16.1. The fraction of sp³-hybridized carbons (Fsp3) is 0.500. The second-order valence-corrected chi connectivity index (χ2v) is 5.20. The Labute approximate surface area is 112 Å². The van der Waals surface area contributed by atoms with Gasteiger partial charge in [-0.2, -0.15) is 0 Å². The molecule has 1 aliphatic rings. The zero-order valence-corrected chi connectivity index (χ0v) is 11.1. The van der Waals surface area contributed by atoms with E-state index in [4.69, 9.17) is 16.3 Å². The lowest BCUT2D eigenvalue weighted by atomic mass is 10.0. The van der Waals surface area contributed by atoms with Crippen LogP contribution >= 0.6 is 11.6 Å². The minimum atomic E-state index is -0.0697. The van der Waals surface area contributed by atoms with Crippen LogP contribution in [0, 0.1) is 5.41 Å². The molecule has 0 radical (unpaired) electrons. The van der Waals surface area contributed by atoms with Crippen molar-refractivity contribution >= 4 is 17.5 Å². The maximum atomic E-state index is 11.6. The average Bonchev–Trinajstić information content (AvgIpc) is 3.16. The van der Waals surface area contributed by atoms with Gasteiger partial charge in [0, 0.05) is 12.4 Å². The number of para-hydroxylation sites is 1. The fourth-order valence-electron chi connectivity index (χ4n) is 1.90. The highest BCUT2D eigenvalue weighted by atomic mass is 35.5. The first-order chi connectivity index (χ1) is 8.74. The Bertz CT molecular complexity index is 390. The van der Waals surface area contributed by atoms with E-state index in [2.05, 4.69) is 5.32 Å². The second kappa shape index (κ2) is 6.10. The molecule has 1 fully saturated rings. The van der Waals surface area contributed by atoms with E-state index in [1.165, 1.54) is 12.8 Å². The quantitative estimate of drug-likeness (QED) is 0.771. The molecule has 0 aromatic heterocycles. The molecule has 0 atom stereocenters. The smallest absolute Gasteiger partial charge is 0.257 e. The lowest BCUT2D eigenvalue weighted by molar-refractivity contribution is -0.123. The van der Waals surface area contributed by atoms with Gasteiger partial charge in [0.05, 0.1) is 0 Å². The molecule has 1 aromatic carbocycles. The van der Waals surface area contributed by atoms with Crippen LogP contribution in [0.4, 0.5) is 0 Å². The van der Waals surface area contributed by atoms with Gasteiger partial charge in [0.2, 0.25) is 0 Å². The minimum Gasteiger partial charge on any atom is -0.484 e. The maximum absolute atomic E-state index is 11.6. The van der Waals surface area contributed by atoms with Crippen LogP contribution in [-0.2, 0) is 4.79 Å². The highest BCUT2D eigenvalue weighted by molar-refractivity contribution is 6.17. The van der Waals surface area contributed by atoms with E-state index < -0.39 is 0 Å². The Morgan fingerprint density at radius 2 is 2.06 bits per heavy atom. The fourth-order valence-corrected chi connectivity index (χ4v) is 2.30. The number of hydrogen-bond acceptors (Lipinski definition) is 2. The topological polar surface area (TPSA) is 38.3 Å². The lowest BCUT2D eigenvalue weighted by Crippen LogP contribution is -2.34. The van der Waals surface area contributed by atoms with Gasteiger partial charge in [0.15, 0.2) is 6.61 Å². The summed E-state index contributed by atoms with van der Waals surface area (Å²) in [6.07, 6.45) is 3.31. The van der Waals surface area contributed by atoms with Gasteiger partial charge in [-0.05, 0) is 36.8 Å². The van der Waals surface area contributed by atoms with Crippen LogP contribution in [0.1, 0.15) is 19.3 Å². The standard InChI is InChI=1S/C14H18ClNO2/c15-9-8-14(6-7-14)11-16-13(17)10-18-12-4-2-1-3-5-12/h1-5H,6-11H2,(H,16,17). The Morgan fingerprint density at radius 1 is 1.33 bits per heavy atom. The van der Waals surface area contributed by atoms with Crippen LogP contribution in [0.15, 0.2) is 30.3 Å². The molecule has 2 rings (SSSR count). The van der Waals surface area contributed by atoms with Crippen molar-refractivity contribution in [3.63, 3.8) is 0 Å². The molecule has 98 valence electrons. The van der Waals surface area contributed by atoms with E-state index in [-0.39, 0.29) is 17.9 Å². The third-order valence-corrected chi connectivity index (χ3v) is 3.54. The van der Waals surface area contributed by atoms with Crippen molar-refractivity contribution in [1.82, 2.24) is 5.32 Å². The second-order valence-electron chi connectivity index (χ2n) is 4.82. The molecule has 0 aliphatic heterocycles. The molecule has 1 aliphatic carbocycles. The number of hydrogen-bond donors (Lipinski definition) is 1. The minimum absolute atomic E-state index is 0.0697. The number of alkyl halides is 1. The van der Waals surface area contributed by atoms with Gasteiger partial charge in [-0.25, -0.2) is 0 Å². The van der Waals surface area contributed by atoms with Crippen molar-refractivity contribution in [3.05, 3.63) is 30.3 Å². The van der Waals surface area contributed by atoms with E-state index in [9.17, 15) is 4.79 Å². The third-order valence-electron chi connectivity index (χ3n) is 3.36. The molecule has 0 saturated heterocycles. The monoisotopic (exact) mass is 267 g/mol. The van der Waals surface area contributed by atoms with Crippen molar-refractivity contribution in [2.24, 2.45) is 5.41 Å². The molecule has 1 saturated carbocycles. The summed E-state index contributed by atoms with van der Waals surface area (Å²) in [5.74, 6) is 1.31. The summed E-state index contributed by atoms with van der Waals surface area (Å²) in [7, 11) is 0. The van der Waals surface area contributed by atoms with Gasteiger partial charge in [-0.1, -0.05) is 18.2 Å². The predicted molar refractivity (Wildman–Crippen MR) is 72.0 cm³/mol. The van der Waals surface area contributed by atoms with Crippen LogP contribution in [0.3, 0.4) is 0 Å². The largest absolute Gasteiger partial charge is 0.484 e. The van der Waals surface area contributed by atoms with Gasteiger partial charge >= 0.3 is 0 Å². The van der Waals surface area contributed by atoms with Gasteiger partial charge in [-0.15, -0.1) is 11.6 Å². The molecule has 4 heteroatoms. The molecule has 1 N–H and O–H groups in total. The van der Waals surface area contributed by atoms with Crippen LogP contribution in [0.5, 0.6) is 5.75 Å². The van der Waals surface area contributed by atoms with E-state index in [1.54, 1.807) is 0 Å². The van der Waals surface area contributed by atoms with E-state index in [0.29, 0.717) is 5.88 Å². The Kier molecular flexibility index (Phi) is 4.48. The molecule has 3 nitrogen and oxygen atoms in total. The Hall–Kier alpha value is -1.22. The van der Waals surface area contributed by atoms with E-state index >= 15 is 0 Å². The van der Waals surface area contributed by atoms with Gasteiger partial charge in [0.1, 0.15) is 5.75 Å². The SMILES string of the molecule is O=C(COc1ccccc1)NCC1(CCCl)CC1. The molecule has 1 amide bonds. The Balaban J connectivity index is 1.67. The molecular formula is C14H18ClNO2. The number of carbonyl (C=O) groups is 1. The van der Waals surface area contributed by atoms with E-state index in [1.807, 2.05) is 30.3 Å². The number of benzene rings is 1. The molecular weight excluding hydrogens is 250 g/mol. The number of carbonyl (C=O) groups excluding carboxylic acids is 1. The lowest BCUT2D eigenvalue weighted by Gasteiger charge is -2.14. The molecule has 0 unspecified atom stereocenters. The van der Waals surface area contributed by atoms with Gasteiger partial charge in [0.25, 0.3) is 5.91 Å². The molecule has 0 bridgehead atoms. The molecule has 18 heavy (non-hydrogen) atoms. The van der Waals surface area contributed by atoms with Crippen molar-refractivity contribution in [2.45, 2.75) is 19.3 Å². The van der Waals surface area contributed by atoms with Crippen LogP contribution in [0.25, 0.3) is 0 Å². The van der Waals surface area contributed by atoms with Crippen molar-refractivity contribution in [1.29, 1.82) is 0 Å². The summed E-state index contributed by atoms with van der Waals surface area (Å²) >= 11 is 5.75. The van der Waals surface area contributed by atoms with Crippen molar-refractivity contribution in [3.8, 4) is 5.75 Å². The highest BCUT2D eigenvalue weighted by Crippen LogP contribution is 2.48. The predicted octanol–water partition coefficient (Wildman–Crippen LogP) is 2.59. The molecule has 0 spiro atoms. The highest BCUT2D eigenvalue weighted by Gasteiger charge is 2.41. The van der Waals surface area contributed by atoms with Crippen LogP contribution in [-0.4, -0.2) is 24.9 Å². The number of amides is 1. The van der Waals surface area contributed by atoms with E-state index in [0.717, 1.165) is 18.7 Å². The van der Waals surface area contributed by atoms with Gasteiger partial charge < -0.3 is 10.1 Å². The van der Waals surface area contributed by atoms with Crippen molar-refractivity contribution in [2.75, 3.05) is 19.0 Å². The summed E-state index contributed by atoms with van der Waals surface area (Å²) in [6.45, 7) is 0.789. The zero-order valence-electron chi connectivity index (χ0n) is 10.3. The first-order valence-electron chi connectivity index (χ1n) is 6.25. The Morgan fingerprint density at radius 3 is 2.67 bits per heavy atom. The third kappa shape index (κ3) is 3.91. The van der Waals surface area contributed by atoms with Crippen LogP contribution < -0.4 is 10.1 Å². The van der Waals surface area contributed by atoms with Crippen molar-refractivity contribution < 1.29 is 9.53 Å². The summed E-state index contributed by atoms with van der Waals surface area (Å²) in [4.78, 5) is 11.6. The summed E-state index contributed by atoms with van der Waals surface area (Å²) in [5.41, 5.74) is 0.268. The molecule has 0 heterocycles. The number of ether oxygens (including phenoxy) is 1. The number of nitrogens with one attached hydrogen (secondary N) is 1. The first-order valence-corrected chi connectivity index (χ1v) is 6.78. The molecule has 1 aromatic rings. The summed E-state index contributed by atoms with van der Waals surface area (Å²) in [5, 5.41) is 2.92. The summed E-state index contributed by atoms with van der Waals surface area (Å²) < 4.78 is 5.38. The first kappa shape index (κ1) is 13.2. The number of halogens is 1. The average molecular weight is 268 g/mol. The number of rotatable bonds is 7. The summed E-state index contributed by atoms with van der Waals surface area (Å²) in [6, 6.07) is 9.35. The van der Waals surface area contributed by atoms with Crippen LogP contribution in [0.2, 0.25) is 0 Å². The van der Waals surface area contributed by atoms with Gasteiger partial charge in [-0.3, -0.25) is 4.79 Å². The zero-order chi connectivity index (χ0) is 12.8. The maximum Gasteiger partial charge on any atom is 0.257 e.